The summed E-state index contributed by atoms with van der Waals surface area (Å²) in [5.41, 5.74) is -0.913. The maximum Gasteiger partial charge on any atom is 0.270 e. The van der Waals surface area contributed by atoms with Gasteiger partial charge in [-0.25, -0.2) is 4.39 Å². The average Bonchev–Trinajstić information content (AvgIpc) is 3.60. The molecule has 3 heterocycles. The molecular formula is C27H29FN4O7. The number of amides is 3. The number of carbonyl (C=O) groups excluding carboxylic acids is 3. The molecule has 3 fully saturated rings. The lowest BCUT2D eigenvalue weighted by Crippen LogP contribution is -2.60. The number of halogens is 1. The number of non-ortho nitro benzene ring substituents is 1. The van der Waals surface area contributed by atoms with Gasteiger partial charge in [-0.1, -0.05) is 6.07 Å². The van der Waals surface area contributed by atoms with Crippen molar-refractivity contribution in [3.8, 4) is 0 Å². The zero-order valence-electron chi connectivity index (χ0n) is 21.2. The van der Waals surface area contributed by atoms with E-state index < -0.39 is 28.4 Å². The fourth-order valence-corrected chi connectivity index (χ4v) is 5.43. The van der Waals surface area contributed by atoms with Crippen molar-refractivity contribution in [1.82, 2.24) is 15.1 Å². The SMILES string of the molecule is O=C(NC[C@H]1CCCO1)[C@@H]1COC2(CCN(C(=O)c3cccc([N+](=O)[O-])c3)CC2)N1C(=O)c1ccc(F)cc1. The summed E-state index contributed by atoms with van der Waals surface area (Å²) in [5.74, 6) is -1.69. The lowest BCUT2D eigenvalue weighted by molar-refractivity contribution is -0.384. The standard InChI is InChI=1S/C27H29FN4O7/c28-20-8-6-18(7-9-20)26(35)31-23(24(33)29-16-22-5-2-14-38-22)17-39-27(31)10-12-30(13-11-27)25(34)19-3-1-4-21(15-19)32(36)37/h1,3-4,6-9,15,22-23H,2,5,10-14,16-17H2,(H,29,33)/t22-,23+/m1/s1. The number of piperidine rings is 1. The Morgan fingerprint density at radius 1 is 1.08 bits per heavy atom. The molecule has 3 saturated heterocycles. The number of nitro groups is 1. The second kappa shape index (κ2) is 11.1. The van der Waals surface area contributed by atoms with Crippen LogP contribution in [0.4, 0.5) is 10.1 Å². The van der Waals surface area contributed by atoms with Crippen LogP contribution in [0.2, 0.25) is 0 Å². The zero-order valence-corrected chi connectivity index (χ0v) is 21.2. The highest BCUT2D eigenvalue weighted by Gasteiger charge is 2.54. The van der Waals surface area contributed by atoms with Crippen molar-refractivity contribution < 1.29 is 33.2 Å². The van der Waals surface area contributed by atoms with Crippen LogP contribution in [0.25, 0.3) is 0 Å². The molecule has 39 heavy (non-hydrogen) atoms. The molecule has 0 radical (unpaired) electrons. The van der Waals surface area contributed by atoms with Crippen LogP contribution in [0.3, 0.4) is 0 Å². The first kappa shape index (κ1) is 26.7. The number of likely N-dealkylation sites (tertiary alicyclic amines) is 1. The molecule has 1 N–H and O–H groups in total. The van der Waals surface area contributed by atoms with E-state index in [9.17, 15) is 28.9 Å². The van der Waals surface area contributed by atoms with Gasteiger partial charge in [-0.15, -0.1) is 0 Å². The molecule has 11 nitrogen and oxygen atoms in total. The van der Waals surface area contributed by atoms with Crippen LogP contribution < -0.4 is 5.32 Å². The molecule has 3 aliphatic heterocycles. The van der Waals surface area contributed by atoms with Crippen LogP contribution in [-0.4, -0.2) is 83.2 Å². The van der Waals surface area contributed by atoms with Crippen molar-refractivity contribution in [1.29, 1.82) is 0 Å². The number of carbonyl (C=O) groups is 3. The Hall–Kier alpha value is -3.90. The Morgan fingerprint density at radius 3 is 2.49 bits per heavy atom. The molecule has 0 bridgehead atoms. The monoisotopic (exact) mass is 540 g/mol. The zero-order chi connectivity index (χ0) is 27.6. The first-order chi connectivity index (χ1) is 18.8. The largest absolute Gasteiger partial charge is 0.376 e. The summed E-state index contributed by atoms with van der Waals surface area (Å²) in [6.45, 7) is 1.37. The van der Waals surface area contributed by atoms with Gasteiger partial charge < -0.3 is 19.7 Å². The second-order valence-electron chi connectivity index (χ2n) is 9.93. The number of rotatable bonds is 6. The van der Waals surface area contributed by atoms with E-state index in [1.807, 2.05) is 0 Å². The predicted octanol–water partition coefficient (Wildman–Crippen LogP) is 2.50. The molecule has 1 spiro atoms. The molecule has 206 valence electrons. The Balaban J connectivity index is 1.34. The normalized spacial score (nSPS) is 22.2. The lowest BCUT2D eigenvalue weighted by atomic mass is 9.96. The van der Waals surface area contributed by atoms with Gasteiger partial charge in [-0.3, -0.25) is 29.4 Å². The van der Waals surface area contributed by atoms with Crippen LogP contribution in [0.1, 0.15) is 46.4 Å². The van der Waals surface area contributed by atoms with Gasteiger partial charge in [0, 0.05) is 62.3 Å². The van der Waals surface area contributed by atoms with Crippen LogP contribution >= 0.6 is 0 Å². The van der Waals surface area contributed by atoms with Crippen molar-refractivity contribution in [2.45, 2.75) is 43.6 Å². The Kier molecular flexibility index (Phi) is 7.58. The molecule has 2 aromatic carbocycles. The van der Waals surface area contributed by atoms with E-state index in [0.29, 0.717) is 13.2 Å². The third-order valence-corrected chi connectivity index (χ3v) is 7.54. The third kappa shape index (κ3) is 5.48. The fraction of sp³-hybridized carbons (Fsp3) is 0.444. The lowest BCUT2D eigenvalue weighted by Gasteiger charge is -2.44. The summed E-state index contributed by atoms with van der Waals surface area (Å²) < 4.78 is 25.3. The molecule has 0 aromatic heterocycles. The Bertz CT molecular complexity index is 1260. The van der Waals surface area contributed by atoms with Crippen LogP contribution in [-0.2, 0) is 14.3 Å². The van der Waals surface area contributed by atoms with E-state index in [0.717, 1.165) is 12.8 Å². The van der Waals surface area contributed by atoms with Gasteiger partial charge >= 0.3 is 0 Å². The number of nitrogens with one attached hydrogen (secondary N) is 1. The summed E-state index contributed by atoms with van der Waals surface area (Å²) in [5, 5.41) is 14.0. The number of ether oxygens (including phenoxy) is 2. The van der Waals surface area contributed by atoms with E-state index in [4.69, 9.17) is 9.47 Å². The van der Waals surface area contributed by atoms with Crippen molar-refractivity contribution in [3.63, 3.8) is 0 Å². The maximum absolute atomic E-state index is 13.7. The van der Waals surface area contributed by atoms with Gasteiger partial charge in [0.05, 0.1) is 17.6 Å². The minimum atomic E-state index is -1.14. The number of nitrogens with zero attached hydrogens (tertiary/aromatic N) is 3. The second-order valence-corrected chi connectivity index (χ2v) is 9.93. The number of benzene rings is 2. The van der Waals surface area contributed by atoms with Gasteiger partial charge in [-0.05, 0) is 43.2 Å². The van der Waals surface area contributed by atoms with E-state index in [1.54, 1.807) is 4.90 Å². The molecule has 2 atom stereocenters. The summed E-state index contributed by atoms with van der Waals surface area (Å²) in [4.78, 5) is 53.6. The smallest absolute Gasteiger partial charge is 0.270 e. The topological polar surface area (TPSA) is 131 Å². The average molecular weight is 541 g/mol. The summed E-state index contributed by atoms with van der Waals surface area (Å²) >= 11 is 0. The molecule has 0 saturated carbocycles. The van der Waals surface area contributed by atoms with Gasteiger partial charge in [-0.2, -0.15) is 0 Å². The van der Waals surface area contributed by atoms with Gasteiger partial charge in [0.2, 0.25) is 5.91 Å². The summed E-state index contributed by atoms with van der Waals surface area (Å²) in [6, 6.07) is 9.72. The molecule has 0 aliphatic carbocycles. The molecule has 5 rings (SSSR count). The minimum absolute atomic E-state index is 0.0247. The highest BCUT2D eigenvalue weighted by molar-refractivity contribution is 5.98. The van der Waals surface area contributed by atoms with E-state index >= 15 is 0 Å². The number of hydrogen-bond donors (Lipinski definition) is 1. The van der Waals surface area contributed by atoms with E-state index in [-0.39, 0.29) is 67.3 Å². The van der Waals surface area contributed by atoms with Crippen LogP contribution in [0, 0.1) is 15.9 Å². The van der Waals surface area contributed by atoms with Gasteiger partial charge in [0.15, 0.2) is 0 Å². The van der Waals surface area contributed by atoms with Crippen molar-refractivity contribution in [3.05, 3.63) is 75.6 Å². The number of nitro benzene ring substituents is 1. The summed E-state index contributed by atoms with van der Waals surface area (Å²) in [7, 11) is 0. The minimum Gasteiger partial charge on any atom is -0.376 e. The van der Waals surface area contributed by atoms with Gasteiger partial charge in [0.25, 0.3) is 17.5 Å². The first-order valence-electron chi connectivity index (χ1n) is 12.9. The van der Waals surface area contributed by atoms with Gasteiger partial charge in [0.1, 0.15) is 17.6 Å². The van der Waals surface area contributed by atoms with Crippen LogP contribution in [0.5, 0.6) is 0 Å². The van der Waals surface area contributed by atoms with Crippen molar-refractivity contribution >= 4 is 23.4 Å². The third-order valence-electron chi connectivity index (χ3n) is 7.54. The predicted molar refractivity (Wildman–Crippen MR) is 135 cm³/mol. The van der Waals surface area contributed by atoms with E-state index in [1.165, 1.54) is 53.4 Å². The molecule has 3 aliphatic rings. The molecule has 2 aromatic rings. The first-order valence-corrected chi connectivity index (χ1v) is 12.9. The maximum atomic E-state index is 13.7. The molecule has 12 heteroatoms. The van der Waals surface area contributed by atoms with E-state index in [2.05, 4.69) is 5.32 Å². The fourth-order valence-electron chi connectivity index (χ4n) is 5.43. The molecule has 0 unspecified atom stereocenters. The van der Waals surface area contributed by atoms with Crippen molar-refractivity contribution in [2.75, 3.05) is 32.8 Å². The quantitative estimate of drug-likeness (QED) is 0.440. The van der Waals surface area contributed by atoms with Crippen molar-refractivity contribution in [2.24, 2.45) is 0 Å². The number of hydrogen-bond acceptors (Lipinski definition) is 7. The highest BCUT2D eigenvalue weighted by Crippen LogP contribution is 2.39. The summed E-state index contributed by atoms with van der Waals surface area (Å²) in [6.07, 6.45) is 2.16. The molecule has 3 amide bonds. The molecular weight excluding hydrogens is 511 g/mol. The highest BCUT2D eigenvalue weighted by atomic mass is 19.1. The Labute approximate surface area is 224 Å². The Morgan fingerprint density at radius 2 is 1.82 bits per heavy atom. The van der Waals surface area contributed by atoms with Crippen LogP contribution in [0.15, 0.2) is 48.5 Å².